The summed E-state index contributed by atoms with van der Waals surface area (Å²) in [6.45, 7) is -0.349. The maximum Gasteiger partial charge on any atom is 0.329 e. The molecule has 0 radical (unpaired) electrons. The molecule has 11 heteroatoms. The van der Waals surface area contributed by atoms with Gasteiger partial charge in [0.25, 0.3) is 5.56 Å². The molecule has 3 heterocycles. The summed E-state index contributed by atoms with van der Waals surface area (Å²) in [6.07, 6.45) is 1.99. The van der Waals surface area contributed by atoms with E-state index in [0.29, 0.717) is 18.9 Å². The van der Waals surface area contributed by atoms with Crippen LogP contribution in [0.5, 0.6) is 0 Å². The van der Waals surface area contributed by atoms with Crippen LogP contribution in [0, 0.1) is 23.4 Å². The molecule has 1 atom stereocenters. The maximum atomic E-state index is 13.9. The van der Waals surface area contributed by atoms with Gasteiger partial charge in [0.15, 0.2) is 0 Å². The molecule has 2 aromatic heterocycles. The fourth-order valence-corrected chi connectivity index (χ4v) is 5.02. The molecular weight excluding hydrogens is 445 g/mol. The summed E-state index contributed by atoms with van der Waals surface area (Å²) in [4.78, 5) is 45.3. The monoisotopic (exact) mass is 464 g/mol. The maximum absolute atomic E-state index is 13.9. The number of aromatic amines is 1. The summed E-state index contributed by atoms with van der Waals surface area (Å²) in [5, 5.41) is 2.46. The third-order valence-electron chi connectivity index (χ3n) is 5.46. The van der Waals surface area contributed by atoms with Crippen LogP contribution < -0.4 is 16.6 Å². The molecule has 0 saturated carbocycles. The molecule has 0 aliphatic carbocycles. The third-order valence-corrected chi connectivity index (χ3v) is 6.51. The second-order valence-electron chi connectivity index (χ2n) is 7.49. The molecule has 1 aliphatic heterocycles. The Kier molecular flexibility index (Phi) is 6.35. The van der Waals surface area contributed by atoms with Crippen LogP contribution in [0.1, 0.15) is 24.6 Å². The molecule has 2 N–H and O–H groups in total. The topological polar surface area (TPSA) is 96.8 Å². The summed E-state index contributed by atoms with van der Waals surface area (Å²) in [6, 6.07) is 2.89. The van der Waals surface area contributed by atoms with Gasteiger partial charge in [0, 0.05) is 6.07 Å². The van der Waals surface area contributed by atoms with Gasteiger partial charge in [0.1, 0.15) is 23.5 Å². The smallest absolute Gasteiger partial charge is 0.329 e. The van der Waals surface area contributed by atoms with Crippen LogP contribution in [0.4, 0.5) is 13.2 Å². The van der Waals surface area contributed by atoms with Crippen molar-refractivity contribution in [2.45, 2.75) is 25.4 Å². The van der Waals surface area contributed by atoms with Crippen LogP contribution in [0.25, 0.3) is 10.9 Å². The predicted molar refractivity (Wildman–Crippen MR) is 114 cm³/mol. The number of benzene rings is 1. The molecule has 1 aromatic carbocycles. The number of pyridine rings is 1. The van der Waals surface area contributed by atoms with Gasteiger partial charge in [-0.15, -0.1) is 0 Å². The van der Waals surface area contributed by atoms with E-state index in [0.717, 1.165) is 34.4 Å². The number of rotatable bonds is 5. The summed E-state index contributed by atoms with van der Waals surface area (Å²) < 4.78 is 41.6. The lowest BCUT2D eigenvalue weighted by atomic mass is 9.92. The first-order valence-corrected chi connectivity index (χ1v) is 11.1. The summed E-state index contributed by atoms with van der Waals surface area (Å²) in [7, 11) is 0. The number of nitrogens with zero attached hydrogens (tertiary/aromatic N) is 2. The van der Waals surface area contributed by atoms with E-state index in [9.17, 15) is 27.6 Å². The highest BCUT2D eigenvalue weighted by Gasteiger charge is 2.34. The minimum Gasteiger partial charge on any atom is -0.349 e. The first kappa shape index (κ1) is 22.1. The number of carbonyl (C=O) groups excluding carboxylic acids is 1. The first-order chi connectivity index (χ1) is 15.3. The van der Waals surface area contributed by atoms with Crippen LogP contribution in [-0.4, -0.2) is 31.9 Å². The molecule has 7 nitrogen and oxygen atoms in total. The van der Waals surface area contributed by atoms with E-state index < -0.39 is 40.6 Å². The number of nitrogens with one attached hydrogen (secondary N) is 2. The zero-order valence-electron chi connectivity index (χ0n) is 16.7. The Balaban J connectivity index is 1.73. The Morgan fingerprint density at radius 1 is 1.19 bits per heavy atom. The molecule has 0 bridgehead atoms. The Morgan fingerprint density at radius 2 is 1.94 bits per heavy atom. The van der Waals surface area contributed by atoms with E-state index in [-0.39, 0.29) is 29.1 Å². The Bertz CT molecular complexity index is 1290. The normalized spacial score (nSPS) is 15.6. The molecule has 168 valence electrons. The van der Waals surface area contributed by atoms with Crippen LogP contribution in [0.15, 0.2) is 40.1 Å². The summed E-state index contributed by atoms with van der Waals surface area (Å²) in [5.41, 5.74) is -1.60. The zero-order valence-corrected chi connectivity index (χ0v) is 17.6. The lowest BCUT2D eigenvalue weighted by Crippen LogP contribution is -2.48. The second-order valence-corrected chi connectivity index (χ2v) is 8.71. The van der Waals surface area contributed by atoms with E-state index >= 15 is 0 Å². The van der Waals surface area contributed by atoms with Crippen molar-refractivity contribution in [2.75, 3.05) is 11.5 Å². The van der Waals surface area contributed by atoms with E-state index in [1.54, 1.807) is 11.8 Å². The number of thioether (sulfide) groups is 1. The highest BCUT2D eigenvalue weighted by molar-refractivity contribution is 7.99. The number of aromatic nitrogens is 3. The van der Waals surface area contributed by atoms with Gasteiger partial charge >= 0.3 is 5.69 Å². The highest BCUT2D eigenvalue weighted by atomic mass is 32.2. The number of hydrogen-bond acceptors (Lipinski definition) is 5. The molecule has 1 unspecified atom stereocenters. The Morgan fingerprint density at radius 3 is 2.66 bits per heavy atom. The van der Waals surface area contributed by atoms with Crippen molar-refractivity contribution in [3.8, 4) is 0 Å². The first-order valence-electron chi connectivity index (χ1n) is 9.94. The Labute approximate surface area is 184 Å². The van der Waals surface area contributed by atoms with E-state index in [2.05, 4.69) is 15.3 Å². The van der Waals surface area contributed by atoms with Crippen molar-refractivity contribution >= 4 is 28.6 Å². The molecule has 1 amide bonds. The van der Waals surface area contributed by atoms with Crippen LogP contribution in [0.3, 0.4) is 0 Å². The fourth-order valence-electron chi connectivity index (χ4n) is 3.87. The third kappa shape index (κ3) is 4.43. The minimum atomic E-state index is -1.18. The van der Waals surface area contributed by atoms with Crippen molar-refractivity contribution in [1.29, 1.82) is 0 Å². The molecule has 3 aromatic rings. The Hall–Kier alpha value is -3.08. The number of carbonyl (C=O) groups is 1. The molecule has 4 rings (SSSR count). The van der Waals surface area contributed by atoms with Crippen molar-refractivity contribution < 1.29 is 18.0 Å². The molecular formula is C21H19F3N4O3S. The van der Waals surface area contributed by atoms with Gasteiger partial charge in [0.2, 0.25) is 5.91 Å². The lowest BCUT2D eigenvalue weighted by molar-refractivity contribution is -0.126. The van der Waals surface area contributed by atoms with Crippen LogP contribution >= 0.6 is 11.8 Å². The van der Waals surface area contributed by atoms with E-state index in [1.807, 2.05) is 0 Å². The van der Waals surface area contributed by atoms with Crippen molar-refractivity contribution in [3.05, 3.63) is 74.4 Å². The number of amides is 1. The predicted octanol–water partition coefficient (Wildman–Crippen LogP) is 2.50. The van der Waals surface area contributed by atoms with Gasteiger partial charge in [-0.1, -0.05) is 0 Å². The average Bonchev–Trinajstić information content (AvgIpc) is 2.77. The lowest BCUT2D eigenvalue weighted by Gasteiger charge is -2.30. The van der Waals surface area contributed by atoms with Gasteiger partial charge in [-0.3, -0.25) is 14.6 Å². The average molecular weight is 464 g/mol. The van der Waals surface area contributed by atoms with Crippen molar-refractivity contribution in [3.63, 3.8) is 0 Å². The molecule has 32 heavy (non-hydrogen) atoms. The van der Waals surface area contributed by atoms with Gasteiger partial charge in [0.05, 0.1) is 29.3 Å². The molecule has 0 spiro atoms. The standard InChI is InChI=1S/C21H19F3N4O3S/c22-12-1-2-16-14(7-12)20(30)28(21(31)27-16)18(11-3-5-32-6-4-11)19(29)26-10-17-15(24)8-13(23)9-25-17/h1-2,7-9,11,18H,3-6,10H2,(H,26,29)(H,27,31). The van der Waals surface area contributed by atoms with Gasteiger partial charge < -0.3 is 10.3 Å². The van der Waals surface area contributed by atoms with E-state index in [1.165, 1.54) is 6.07 Å². The number of hydrogen-bond donors (Lipinski definition) is 2. The number of H-pyrrole nitrogens is 1. The van der Waals surface area contributed by atoms with Crippen LogP contribution in [0.2, 0.25) is 0 Å². The van der Waals surface area contributed by atoms with Gasteiger partial charge in [-0.2, -0.15) is 11.8 Å². The molecule has 1 fully saturated rings. The fraction of sp³-hybridized carbons (Fsp3) is 0.333. The minimum absolute atomic E-state index is 0.0566. The summed E-state index contributed by atoms with van der Waals surface area (Å²) >= 11 is 1.70. The molecule has 1 saturated heterocycles. The second kappa shape index (κ2) is 9.19. The van der Waals surface area contributed by atoms with Gasteiger partial charge in [-0.05, 0) is 48.5 Å². The zero-order chi connectivity index (χ0) is 22.8. The number of fused-ring (bicyclic) bond motifs is 1. The highest BCUT2D eigenvalue weighted by Crippen LogP contribution is 2.31. The largest absolute Gasteiger partial charge is 0.349 e. The SMILES string of the molecule is O=C(NCc1ncc(F)cc1F)C(C1CCSCC1)n1c(=O)[nH]c2ccc(F)cc2c1=O. The van der Waals surface area contributed by atoms with Crippen molar-refractivity contribution in [1.82, 2.24) is 19.9 Å². The van der Waals surface area contributed by atoms with Crippen LogP contribution in [-0.2, 0) is 11.3 Å². The van der Waals surface area contributed by atoms with Crippen molar-refractivity contribution in [2.24, 2.45) is 5.92 Å². The molecule has 1 aliphatic rings. The van der Waals surface area contributed by atoms with E-state index in [4.69, 9.17) is 0 Å². The summed E-state index contributed by atoms with van der Waals surface area (Å²) in [5.74, 6) is -1.93. The quantitative estimate of drug-likeness (QED) is 0.605. The number of halogens is 3. The van der Waals surface area contributed by atoms with Gasteiger partial charge in [-0.25, -0.2) is 22.5 Å².